The van der Waals surface area contributed by atoms with Gasteiger partial charge in [0.25, 0.3) is 0 Å². The molecule has 4 aliphatic carbocycles. The number of ether oxygens (including phenoxy) is 2. The molecule has 2 fully saturated rings. The molecule has 0 N–H and O–H groups in total. The summed E-state index contributed by atoms with van der Waals surface area (Å²) in [5.41, 5.74) is 1.10. The number of nitriles is 4. The lowest BCUT2D eigenvalue weighted by molar-refractivity contribution is 0.0205. The van der Waals surface area contributed by atoms with Crippen molar-refractivity contribution in [2.75, 3.05) is 0 Å². The normalized spacial score (nSPS) is 19.1. The minimum Gasteiger partial charge on any atom is -0.481 e. The van der Waals surface area contributed by atoms with Crippen LogP contribution in [0.3, 0.4) is 0 Å². The maximum absolute atomic E-state index is 14.6. The highest BCUT2D eigenvalue weighted by atomic mass is 32.1. The molecule has 2 spiro atoms. The summed E-state index contributed by atoms with van der Waals surface area (Å²) in [7, 11) is 0. The average Bonchev–Trinajstić information content (AvgIpc) is 4.05. The fourth-order valence-electron chi connectivity index (χ4n) is 10.8. The summed E-state index contributed by atoms with van der Waals surface area (Å²) in [6.45, 7) is 0. The number of carbonyl (C=O) groups is 2. The molecule has 0 bridgehead atoms. The van der Waals surface area contributed by atoms with Crippen LogP contribution in [-0.4, -0.2) is 11.6 Å². The molecule has 322 valence electrons. The molecule has 11 rings (SSSR count). The van der Waals surface area contributed by atoms with Gasteiger partial charge in [-0.2, -0.15) is 21.0 Å². The molecule has 5 aromatic rings. The Morgan fingerprint density at radius 2 is 0.848 bits per heavy atom. The molecule has 8 nitrogen and oxygen atoms in total. The van der Waals surface area contributed by atoms with Crippen LogP contribution in [0.5, 0.6) is 11.5 Å². The highest BCUT2D eigenvalue weighted by Crippen LogP contribution is 2.61. The predicted octanol–water partition coefficient (Wildman–Crippen LogP) is 13.0. The van der Waals surface area contributed by atoms with E-state index in [1.165, 1.54) is 22.7 Å². The molecule has 6 aliphatic rings. The van der Waals surface area contributed by atoms with Crippen molar-refractivity contribution in [3.8, 4) is 56.7 Å². The number of hydrogen-bond donors (Lipinski definition) is 0. The lowest BCUT2D eigenvalue weighted by Crippen LogP contribution is -2.40. The number of halogens is 4. The van der Waals surface area contributed by atoms with Gasteiger partial charge >= 0.3 is 0 Å². The second kappa shape index (κ2) is 15.1. The van der Waals surface area contributed by atoms with Crippen molar-refractivity contribution in [2.45, 2.75) is 75.4 Å². The summed E-state index contributed by atoms with van der Waals surface area (Å²) in [5, 5.41) is 39.6. The number of rotatable bonds is 2. The Labute approximate surface area is 382 Å². The number of Topliss-reactive ketones (excluding diaryl/α,β-unsaturated/α-hetero) is 2. The van der Waals surface area contributed by atoms with Crippen LogP contribution in [0, 0.1) is 68.6 Å². The first kappa shape index (κ1) is 41.4. The van der Waals surface area contributed by atoms with Crippen LogP contribution in [0.4, 0.5) is 17.6 Å². The van der Waals surface area contributed by atoms with Gasteiger partial charge < -0.3 is 9.47 Å². The maximum atomic E-state index is 14.6. The second-order valence-corrected chi connectivity index (χ2v) is 19.5. The lowest BCUT2D eigenvalue weighted by atomic mass is 9.71. The Bertz CT molecular complexity index is 3160. The van der Waals surface area contributed by atoms with E-state index in [-0.39, 0.29) is 44.5 Å². The molecule has 2 aromatic heterocycles. The van der Waals surface area contributed by atoms with Gasteiger partial charge in [0.2, 0.25) is 0 Å². The number of benzene rings is 3. The van der Waals surface area contributed by atoms with Crippen LogP contribution < -0.4 is 9.47 Å². The van der Waals surface area contributed by atoms with Crippen molar-refractivity contribution in [1.82, 2.24) is 0 Å². The van der Waals surface area contributed by atoms with Gasteiger partial charge in [0.05, 0.1) is 9.75 Å². The molecule has 14 heteroatoms. The third-order valence-electron chi connectivity index (χ3n) is 13.7. The summed E-state index contributed by atoms with van der Waals surface area (Å²) < 4.78 is 72.2. The number of nitrogens with zero attached hydrogens (tertiary/aromatic N) is 4. The van der Waals surface area contributed by atoms with Gasteiger partial charge in [-0.25, -0.2) is 17.6 Å². The van der Waals surface area contributed by atoms with Crippen molar-refractivity contribution < 1.29 is 36.6 Å². The Hall–Kier alpha value is -7.36. The van der Waals surface area contributed by atoms with E-state index in [9.17, 15) is 48.2 Å². The number of hydrogen-bond acceptors (Lipinski definition) is 10. The minimum absolute atomic E-state index is 0.0271. The molecule has 66 heavy (non-hydrogen) atoms. The molecular formula is C52H30F4N4O4S2. The lowest BCUT2D eigenvalue weighted by Gasteiger charge is -2.45. The summed E-state index contributed by atoms with van der Waals surface area (Å²) in [4.78, 5) is 30.5. The van der Waals surface area contributed by atoms with E-state index in [2.05, 4.69) is 12.1 Å². The fourth-order valence-corrected chi connectivity index (χ4v) is 12.9. The Kier molecular flexibility index (Phi) is 9.46. The number of carbonyl (C=O) groups excluding carboxylic acids is 2. The first-order chi connectivity index (χ1) is 31.9. The molecule has 2 aliphatic heterocycles. The summed E-state index contributed by atoms with van der Waals surface area (Å²) in [5.74, 6) is -4.94. The third kappa shape index (κ3) is 6.02. The smallest absolute Gasteiger partial charge is 0.194 e. The molecule has 2 saturated carbocycles. The van der Waals surface area contributed by atoms with Gasteiger partial charge in [-0.05, 0) is 123 Å². The number of fused-ring (bicyclic) bond motifs is 10. The van der Waals surface area contributed by atoms with Crippen LogP contribution >= 0.6 is 22.7 Å². The van der Waals surface area contributed by atoms with Crippen LogP contribution in [0.1, 0.15) is 117 Å². The zero-order valence-corrected chi connectivity index (χ0v) is 36.2. The van der Waals surface area contributed by atoms with Crippen LogP contribution in [0.25, 0.3) is 44.2 Å². The van der Waals surface area contributed by atoms with E-state index in [1.807, 2.05) is 36.4 Å². The quantitative estimate of drug-likeness (QED) is 0.0965. The highest BCUT2D eigenvalue weighted by molar-refractivity contribution is 7.17. The van der Waals surface area contributed by atoms with Gasteiger partial charge in [-0.15, -0.1) is 22.7 Å². The maximum Gasteiger partial charge on any atom is 0.194 e. The Balaban J connectivity index is 1.08. The van der Waals surface area contributed by atoms with E-state index in [0.29, 0.717) is 21.3 Å². The van der Waals surface area contributed by atoms with Crippen LogP contribution in [-0.2, 0) is 11.2 Å². The molecular weight excluding hydrogens is 885 g/mol. The van der Waals surface area contributed by atoms with E-state index in [1.54, 1.807) is 12.2 Å². The largest absolute Gasteiger partial charge is 0.481 e. The van der Waals surface area contributed by atoms with E-state index >= 15 is 0 Å². The molecule has 4 heterocycles. The number of thiophene rings is 2. The SMILES string of the molecule is N#CC(C#N)=C1/C(=C/c2cc3c(s2)-c2cc4c(cc2C2(CCCCC2)O3)-c2sc(/C=C3\C(=O)c5cc(F)c(F)cc5C3=C(C#N)C#N)cc2OC42CCCCC2)C(=O)c2cc(F)c(F)cc21. The predicted molar refractivity (Wildman–Crippen MR) is 237 cm³/mol. The fraction of sp³-hybridized carbons (Fsp3) is 0.231. The van der Waals surface area contributed by atoms with E-state index in [4.69, 9.17) is 9.47 Å². The Morgan fingerprint density at radius 3 is 1.20 bits per heavy atom. The van der Waals surface area contributed by atoms with Crippen LogP contribution in [0.15, 0.2) is 70.8 Å². The topological polar surface area (TPSA) is 148 Å². The molecule has 0 amide bonds. The molecule has 0 unspecified atom stereocenters. The Morgan fingerprint density at radius 1 is 0.500 bits per heavy atom. The zero-order chi connectivity index (χ0) is 45.8. The molecule has 0 saturated heterocycles. The standard InChI is InChI=1S/C52H30F4N4O4S2/c53-39-17-29-31(19-41(39)55)47(61)35(45(29)25(21-57)22-58)11-27-13-43-49(65-27)33-16-38-34(15-37(33)51(63-43)7-3-1-4-8-51)50-44(64-52(38)9-5-2-6-10-52)14-28(66-50)12-36-46(26(23-59)24-60)30-18-40(54)42(56)20-32(30)48(36)62/h11-20H,1-10H2/b35-11-,36-12-. The monoisotopic (exact) mass is 914 g/mol. The average molecular weight is 915 g/mol. The molecule has 0 atom stereocenters. The van der Waals surface area contributed by atoms with Crippen molar-refractivity contribution in [1.29, 1.82) is 21.0 Å². The van der Waals surface area contributed by atoms with E-state index < -0.39 is 57.2 Å². The third-order valence-corrected chi connectivity index (χ3v) is 15.9. The zero-order valence-electron chi connectivity index (χ0n) is 34.6. The highest BCUT2D eigenvalue weighted by Gasteiger charge is 2.48. The van der Waals surface area contributed by atoms with Crippen molar-refractivity contribution in [2.24, 2.45) is 0 Å². The van der Waals surface area contributed by atoms with Gasteiger partial charge in [0.1, 0.15) is 58.1 Å². The first-order valence-electron chi connectivity index (χ1n) is 21.4. The van der Waals surface area contributed by atoms with Gasteiger partial charge in [-0.3, -0.25) is 9.59 Å². The summed E-state index contributed by atoms with van der Waals surface area (Å²) in [6, 6.07) is 18.6. The number of ketones is 2. The molecule has 3 aromatic carbocycles. The van der Waals surface area contributed by atoms with Crippen molar-refractivity contribution in [3.05, 3.63) is 137 Å². The van der Waals surface area contributed by atoms with Crippen LogP contribution in [0.2, 0.25) is 0 Å². The summed E-state index contributed by atoms with van der Waals surface area (Å²) in [6.07, 6.45) is 11.7. The van der Waals surface area contributed by atoms with Gasteiger partial charge in [0.15, 0.2) is 34.8 Å². The summed E-state index contributed by atoms with van der Waals surface area (Å²) >= 11 is 2.72. The second-order valence-electron chi connectivity index (χ2n) is 17.3. The first-order valence-corrected chi connectivity index (χ1v) is 23.0. The van der Waals surface area contributed by atoms with Gasteiger partial charge in [-0.1, -0.05) is 12.8 Å². The van der Waals surface area contributed by atoms with E-state index in [0.717, 1.165) is 120 Å². The van der Waals surface area contributed by atoms with Crippen molar-refractivity contribution >= 4 is 57.5 Å². The molecule has 0 radical (unpaired) electrons. The van der Waals surface area contributed by atoms with Gasteiger partial charge in [0, 0.05) is 65.4 Å². The number of allylic oxidation sites excluding steroid dienone is 6. The minimum atomic E-state index is -1.22. The van der Waals surface area contributed by atoms with Crippen molar-refractivity contribution in [3.63, 3.8) is 0 Å².